The van der Waals surface area contributed by atoms with E-state index in [-0.39, 0.29) is 4.59 Å². The molecule has 7 nitrogen and oxygen atoms in total. The Morgan fingerprint density at radius 2 is 1.13 bits per heavy atom. The number of carbonyl (C=O) groups is 4. The zero-order chi connectivity index (χ0) is 12.1. The predicted molar refractivity (Wildman–Crippen MR) is 42.0 cm³/mol. The summed E-state index contributed by atoms with van der Waals surface area (Å²) in [5.41, 5.74) is 0. The van der Waals surface area contributed by atoms with Crippen molar-refractivity contribution < 1.29 is 46.9 Å². The molecule has 0 fully saturated rings. The summed E-state index contributed by atoms with van der Waals surface area (Å²) >= 11 is -4.74. The van der Waals surface area contributed by atoms with Crippen molar-refractivity contribution in [2.45, 2.75) is 20.8 Å². The van der Waals surface area contributed by atoms with Crippen LogP contribution in [0.5, 0.6) is 0 Å². The molecule has 0 spiro atoms. The fraction of sp³-hybridized carbons (Fsp3) is 0.429. The minimum absolute atomic E-state index is 0.0875. The van der Waals surface area contributed by atoms with Gasteiger partial charge in [-0.15, -0.1) is 0 Å². The molecular weight excluding hydrogens is 244 g/mol. The SMILES string of the molecule is CC(=O)[O][Ti]([CH]=O)([O]C(C)=O)[O]C(C)=O. The number of hydrogen-bond acceptors (Lipinski definition) is 7. The fourth-order valence-electron chi connectivity index (χ4n) is 0.736. The van der Waals surface area contributed by atoms with Crippen molar-refractivity contribution in [1.29, 1.82) is 0 Å². The van der Waals surface area contributed by atoms with E-state index in [1.54, 1.807) is 0 Å². The van der Waals surface area contributed by atoms with Crippen LogP contribution in [0.2, 0.25) is 0 Å². The molecule has 0 aromatic rings. The Hall–Kier alpha value is -1.21. The minimum atomic E-state index is -4.74. The molecule has 0 saturated heterocycles. The van der Waals surface area contributed by atoms with E-state index in [1.807, 2.05) is 0 Å². The summed E-state index contributed by atoms with van der Waals surface area (Å²) in [5.74, 6) is -2.57. The van der Waals surface area contributed by atoms with Gasteiger partial charge in [0.15, 0.2) is 0 Å². The van der Waals surface area contributed by atoms with Crippen LogP contribution < -0.4 is 0 Å². The molecule has 0 rings (SSSR count). The van der Waals surface area contributed by atoms with E-state index in [2.05, 4.69) is 9.96 Å². The molecule has 0 radical (unpaired) electrons. The second-order valence-electron chi connectivity index (χ2n) is 2.50. The maximum absolute atomic E-state index is 10.7. The first-order valence-electron chi connectivity index (χ1n) is 3.86. The monoisotopic (exact) mass is 254 g/mol. The van der Waals surface area contributed by atoms with Gasteiger partial charge in [-0.05, 0) is 0 Å². The third-order valence-electron chi connectivity index (χ3n) is 1.00. The summed E-state index contributed by atoms with van der Waals surface area (Å²) in [4.78, 5) is 42.7. The average molecular weight is 254 g/mol. The Kier molecular flexibility index (Phi) is 5.17. The van der Waals surface area contributed by atoms with E-state index >= 15 is 0 Å². The maximum atomic E-state index is 10.7. The van der Waals surface area contributed by atoms with Crippen molar-refractivity contribution in [2.24, 2.45) is 0 Å². The second-order valence-corrected chi connectivity index (χ2v) is 5.71. The van der Waals surface area contributed by atoms with E-state index in [0.717, 1.165) is 20.8 Å². The van der Waals surface area contributed by atoms with E-state index in [0.29, 0.717) is 0 Å². The van der Waals surface area contributed by atoms with Crippen molar-refractivity contribution in [3.63, 3.8) is 0 Å². The Labute approximate surface area is 90.5 Å². The van der Waals surface area contributed by atoms with Gasteiger partial charge in [-0.2, -0.15) is 0 Å². The van der Waals surface area contributed by atoms with Crippen molar-refractivity contribution in [3.05, 3.63) is 0 Å². The third-order valence-corrected chi connectivity index (χ3v) is 4.13. The Morgan fingerprint density at radius 3 is 1.27 bits per heavy atom. The molecule has 84 valence electrons. The predicted octanol–water partition coefficient (Wildman–Crippen LogP) is -0.235. The van der Waals surface area contributed by atoms with Crippen LogP contribution in [0.1, 0.15) is 20.8 Å². The number of rotatable bonds is 4. The van der Waals surface area contributed by atoms with Gasteiger partial charge in [0.05, 0.1) is 0 Å². The zero-order valence-electron chi connectivity index (χ0n) is 8.44. The average Bonchev–Trinajstić information content (AvgIpc) is 1.99. The molecule has 0 bridgehead atoms. The van der Waals surface area contributed by atoms with Crippen molar-refractivity contribution in [1.82, 2.24) is 0 Å². The first-order chi connectivity index (χ1) is 6.81. The molecule has 0 aliphatic rings. The van der Waals surface area contributed by atoms with Crippen LogP contribution in [0.3, 0.4) is 0 Å². The van der Waals surface area contributed by atoms with Gasteiger partial charge in [0.25, 0.3) is 0 Å². The van der Waals surface area contributed by atoms with E-state index in [4.69, 9.17) is 0 Å². The van der Waals surface area contributed by atoms with Crippen LogP contribution in [0.15, 0.2) is 0 Å². The molecule has 0 N–H and O–H groups in total. The summed E-state index contributed by atoms with van der Waals surface area (Å²) < 4.78 is 13.6. The van der Waals surface area contributed by atoms with Crippen molar-refractivity contribution >= 4 is 22.5 Å². The molecular formula is C7H10O7Ti. The van der Waals surface area contributed by atoms with Gasteiger partial charge in [-0.25, -0.2) is 0 Å². The van der Waals surface area contributed by atoms with E-state index in [1.165, 1.54) is 0 Å². The topological polar surface area (TPSA) is 96.0 Å². The summed E-state index contributed by atoms with van der Waals surface area (Å²) in [6, 6.07) is 0. The first kappa shape index (κ1) is 13.8. The molecule has 0 saturated carbocycles. The van der Waals surface area contributed by atoms with Crippen LogP contribution in [0, 0.1) is 0 Å². The van der Waals surface area contributed by atoms with Crippen LogP contribution in [0.25, 0.3) is 0 Å². The normalized spacial score (nSPS) is 10.1. The standard InChI is InChI=1S/3C2H4O2.CHO.Ti/c3*1-2(3)4;1-2;/h3*1H3,(H,3,4);1H;/q;;;;+3/p-3. The molecule has 0 atom stereocenters. The number of hydrogen-bond donors (Lipinski definition) is 0. The number of carbonyl (C=O) groups excluding carboxylic acids is 4. The van der Waals surface area contributed by atoms with Crippen LogP contribution in [0.4, 0.5) is 0 Å². The third kappa shape index (κ3) is 5.29. The van der Waals surface area contributed by atoms with Gasteiger partial charge in [-0.3, -0.25) is 0 Å². The van der Waals surface area contributed by atoms with Crippen LogP contribution in [-0.4, -0.2) is 22.5 Å². The summed E-state index contributed by atoms with van der Waals surface area (Å²) in [7, 11) is 0. The van der Waals surface area contributed by atoms with Crippen LogP contribution in [-0.2, 0) is 46.9 Å². The van der Waals surface area contributed by atoms with Gasteiger partial charge in [0.2, 0.25) is 0 Å². The summed E-state index contributed by atoms with van der Waals surface area (Å²) in [5, 5.41) is 0. The molecule has 0 aliphatic carbocycles. The summed E-state index contributed by atoms with van der Waals surface area (Å²) in [6.45, 7) is 3.03. The quantitative estimate of drug-likeness (QED) is 0.504. The summed E-state index contributed by atoms with van der Waals surface area (Å²) in [6.07, 6.45) is 0. The second kappa shape index (κ2) is 5.62. The van der Waals surface area contributed by atoms with Gasteiger partial charge in [0, 0.05) is 0 Å². The Bertz CT molecular complexity index is 257. The molecule has 0 unspecified atom stereocenters. The van der Waals surface area contributed by atoms with E-state index in [9.17, 15) is 19.2 Å². The molecule has 15 heavy (non-hydrogen) atoms. The van der Waals surface area contributed by atoms with Crippen molar-refractivity contribution in [3.8, 4) is 0 Å². The molecule has 0 amide bonds. The molecule has 0 aliphatic heterocycles. The van der Waals surface area contributed by atoms with Gasteiger partial charge in [-0.1, -0.05) is 0 Å². The van der Waals surface area contributed by atoms with E-state index < -0.39 is 35.7 Å². The molecule has 0 aromatic heterocycles. The van der Waals surface area contributed by atoms with Gasteiger partial charge in [0.1, 0.15) is 0 Å². The molecule has 0 aromatic carbocycles. The van der Waals surface area contributed by atoms with Crippen LogP contribution >= 0.6 is 0 Å². The molecule has 0 heterocycles. The Balaban J connectivity index is 4.90. The van der Waals surface area contributed by atoms with Crippen molar-refractivity contribution in [2.75, 3.05) is 0 Å². The molecule has 8 heteroatoms. The zero-order valence-corrected chi connectivity index (χ0v) is 10.00. The van der Waals surface area contributed by atoms with Gasteiger partial charge < -0.3 is 0 Å². The fourth-order valence-corrected chi connectivity index (χ4v) is 3.03. The Morgan fingerprint density at radius 1 is 0.867 bits per heavy atom. The van der Waals surface area contributed by atoms with Gasteiger partial charge >= 0.3 is 90.2 Å². The first-order valence-corrected chi connectivity index (χ1v) is 6.68.